The van der Waals surface area contributed by atoms with Gasteiger partial charge < -0.3 is 15.4 Å². The summed E-state index contributed by atoms with van der Waals surface area (Å²) in [5, 5.41) is 5.51. The van der Waals surface area contributed by atoms with Gasteiger partial charge in [-0.2, -0.15) is 0 Å². The third-order valence-electron chi connectivity index (χ3n) is 3.14. The van der Waals surface area contributed by atoms with Gasteiger partial charge in [0.15, 0.2) is 0 Å². The van der Waals surface area contributed by atoms with E-state index in [1.807, 2.05) is 30.3 Å². The van der Waals surface area contributed by atoms with Gasteiger partial charge in [-0.3, -0.25) is 9.59 Å². The molecule has 0 saturated carbocycles. The first-order chi connectivity index (χ1) is 11.6. The summed E-state index contributed by atoms with van der Waals surface area (Å²) in [5.41, 5.74) is 2.32. The lowest BCUT2D eigenvalue weighted by Gasteiger charge is -2.12. The van der Waals surface area contributed by atoms with E-state index in [-0.39, 0.29) is 11.8 Å². The quantitative estimate of drug-likeness (QED) is 0.806. The number of ether oxygens (including phenoxy) is 1. The van der Waals surface area contributed by atoms with Crippen LogP contribution in [0.2, 0.25) is 0 Å². The topological polar surface area (TPSA) is 67.4 Å². The zero-order valence-electron chi connectivity index (χ0n) is 13.7. The van der Waals surface area contributed by atoms with E-state index in [0.29, 0.717) is 22.9 Å². The summed E-state index contributed by atoms with van der Waals surface area (Å²) in [6, 6.07) is 15.1. The van der Waals surface area contributed by atoms with Crippen LogP contribution in [0.25, 0.3) is 0 Å². The molecule has 5 nitrogen and oxygen atoms in total. The molecular weight excluding hydrogens is 324 g/mol. The number of hydrogen-bond donors (Lipinski definition) is 2. The van der Waals surface area contributed by atoms with Crippen molar-refractivity contribution in [2.24, 2.45) is 0 Å². The maximum absolute atomic E-state index is 12.1. The van der Waals surface area contributed by atoms with Crippen molar-refractivity contribution in [1.82, 2.24) is 0 Å². The summed E-state index contributed by atoms with van der Waals surface area (Å²) >= 11 is 1.54. The van der Waals surface area contributed by atoms with Crippen LogP contribution in [0.1, 0.15) is 12.5 Å². The van der Waals surface area contributed by atoms with Crippen LogP contribution in [0.5, 0.6) is 5.75 Å². The second-order valence-corrected chi connectivity index (χ2v) is 6.11. The lowest BCUT2D eigenvalue weighted by molar-refractivity contribution is -0.114. The average Bonchev–Trinajstić information content (AvgIpc) is 2.55. The minimum atomic E-state index is -0.170. The van der Waals surface area contributed by atoms with Crippen LogP contribution in [-0.4, -0.2) is 24.7 Å². The van der Waals surface area contributed by atoms with Gasteiger partial charge in [-0.25, -0.2) is 0 Å². The summed E-state index contributed by atoms with van der Waals surface area (Å²) in [4.78, 5) is 23.3. The Morgan fingerprint density at radius 1 is 1.08 bits per heavy atom. The molecule has 0 atom stereocenters. The van der Waals surface area contributed by atoms with Gasteiger partial charge in [0.1, 0.15) is 5.75 Å². The average molecular weight is 344 g/mol. The number of benzene rings is 2. The minimum Gasteiger partial charge on any atom is -0.495 e. The number of amides is 2. The highest BCUT2D eigenvalue weighted by atomic mass is 32.2. The number of hydrogen-bond acceptors (Lipinski definition) is 4. The van der Waals surface area contributed by atoms with Crippen molar-refractivity contribution in [1.29, 1.82) is 0 Å². The monoisotopic (exact) mass is 344 g/mol. The molecule has 2 aromatic carbocycles. The summed E-state index contributed by atoms with van der Waals surface area (Å²) < 4.78 is 5.25. The van der Waals surface area contributed by atoms with Gasteiger partial charge in [0.05, 0.1) is 18.6 Å². The molecule has 0 unspecified atom stereocenters. The van der Waals surface area contributed by atoms with E-state index in [9.17, 15) is 9.59 Å². The highest BCUT2D eigenvalue weighted by Crippen LogP contribution is 2.28. The fraction of sp³-hybridized carbons (Fsp3) is 0.222. The van der Waals surface area contributed by atoms with Crippen molar-refractivity contribution >= 4 is 35.0 Å². The van der Waals surface area contributed by atoms with Crippen molar-refractivity contribution in [3.05, 3.63) is 54.1 Å². The molecule has 0 aliphatic heterocycles. The van der Waals surface area contributed by atoms with Crippen LogP contribution >= 0.6 is 11.8 Å². The van der Waals surface area contributed by atoms with E-state index in [2.05, 4.69) is 10.6 Å². The Morgan fingerprint density at radius 2 is 1.83 bits per heavy atom. The molecule has 0 aliphatic rings. The summed E-state index contributed by atoms with van der Waals surface area (Å²) in [7, 11) is 1.53. The van der Waals surface area contributed by atoms with Crippen LogP contribution in [0.15, 0.2) is 48.5 Å². The van der Waals surface area contributed by atoms with Crippen molar-refractivity contribution in [3.63, 3.8) is 0 Å². The highest BCUT2D eigenvalue weighted by molar-refractivity contribution is 7.99. The highest BCUT2D eigenvalue weighted by Gasteiger charge is 2.09. The van der Waals surface area contributed by atoms with Crippen molar-refractivity contribution in [3.8, 4) is 5.75 Å². The van der Waals surface area contributed by atoms with Gasteiger partial charge in [-0.15, -0.1) is 11.8 Å². The molecule has 0 heterocycles. The van der Waals surface area contributed by atoms with Crippen molar-refractivity contribution in [2.75, 3.05) is 23.5 Å². The first-order valence-electron chi connectivity index (χ1n) is 7.45. The van der Waals surface area contributed by atoms with Gasteiger partial charge >= 0.3 is 0 Å². The second kappa shape index (κ2) is 8.98. The second-order valence-electron chi connectivity index (χ2n) is 5.12. The maximum atomic E-state index is 12.1. The Labute approximate surface area is 145 Å². The molecule has 2 N–H and O–H groups in total. The number of thioether (sulfide) groups is 1. The molecule has 126 valence electrons. The smallest absolute Gasteiger partial charge is 0.234 e. The summed E-state index contributed by atoms with van der Waals surface area (Å²) in [6.45, 7) is 1.43. The minimum absolute atomic E-state index is 0.116. The van der Waals surface area contributed by atoms with Crippen LogP contribution < -0.4 is 15.4 Å². The van der Waals surface area contributed by atoms with Crippen molar-refractivity contribution < 1.29 is 14.3 Å². The van der Waals surface area contributed by atoms with Gasteiger partial charge in [-0.05, 0) is 23.8 Å². The number of carbonyl (C=O) groups excluding carboxylic acids is 2. The standard InChI is InChI=1S/C18H20N2O3S/c1-13(21)19-15-8-9-17(23-2)16(10-15)20-18(22)12-24-11-14-6-4-3-5-7-14/h3-10H,11-12H2,1-2H3,(H,19,21)(H,20,22). The molecular formula is C18H20N2O3S. The van der Waals surface area contributed by atoms with Crippen LogP contribution in [0.4, 0.5) is 11.4 Å². The lowest BCUT2D eigenvalue weighted by atomic mass is 10.2. The molecule has 2 aromatic rings. The molecule has 2 amide bonds. The van der Waals surface area contributed by atoms with Crippen LogP contribution in [-0.2, 0) is 15.3 Å². The third-order valence-corrected chi connectivity index (χ3v) is 4.14. The van der Waals surface area contributed by atoms with Gasteiger partial charge in [0.25, 0.3) is 0 Å². The molecule has 0 aromatic heterocycles. The third kappa shape index (κ3) is 5.62. The maximum Gasteiger partial charge on any atom is 0.234 e. The molecule has 0 radical (unpaired) electrons. The largest absolute Gasteiger partial charge is 0.495 e. The predicted molar refractivity (Wildman–Crippen MR) is 98.5 cm³/mol. The Balaban J connectivity index is 1.93. The molecule has 0 fully saturated rings. The number of rotatable bonds is 7. The molecule has 2 rings (SSSR count). The van der Waals surface area contributed by atoms with E-state index in [1.165, 1.54) is 31.4 Å². The zero-order chi connectivity index (χ0) is 17.4. The number of nitrogens with one attached hydrogen (secondary N) is 2. The zero-order valence-corrected chi connectivity index (χ0v) is 14.5. The molecule has 0 spiro atoms. The Morgan fingerprint density at radius 3 is 2.50 bits per heavy atom. The predicted octanol–water partition coefficient (Wildman–Crippen LogP) is 3.53. The Hall–Kier alpha value is -2.47. The van der Waals surface area contributed by atoms with E-state index < -0.39 is 0 Å². The van der Waals surface area contributed by atoms with Gasteiger partial charge in [0.2, 0.25) is 11.8 Å². The Bertz CT molecular complexity index is 705. The van der Waals surface area contributed by atoms with Crippen LogP contribution in [0, 0.1) is 0 Å². The fourth-order valence-electron chi connectivity index (χ4n) is 2.11. The number of anilines is 2. The van der Waals surface area contributed by atoms with E-state index >= 15 is 0 Å². The fourth-order valence-corrected chi connectivity index (χ4v) is 2.90. The molecule has 6 heteroatoms. The van der Waals surface area contributed by atoms with Gasteiger partial charge in [0, 0.05) is 18.4 Å². The number of methoxy groups -OCH3 is 1. The van der Waals surface area contributed by atoms with Crippen LogP contribution in [0.3, 0.4) is 0 Å². The molecule has 0 aliphatic carbocycles. The summed E-state index contributed by atoms with van der Waals surface area (Å²) in [5.74, 6) is 1.37. The molecule has 0 saturated heterocycles. The van der Waals surface area contributed by atoms with E-state index in [1.54, 1.807) is 18.2 Å². The molecule has 0 bridgehead atoms. The van der Waals surface area contributed by atoms with Gasteiger partial charge in [-0.1, -0.05) is 30.3 Å². The summed E-state index contributed by atoms with van der Waals surface area (Å²) in [6.07, 6.45) is 0. The SMILES string of the molecule is COc1ccc(NC(C)=O)cc1NC(=O)CSCc1ccccc1. The molecule has 24 heavy (non-hydrogen) atoms. The lowest BCUT2D eigenvalue weighted by Crippen LogP contribution is -2.15. The first-order valence-corrected chi connectivity index (χ1v) is 8.61. The van der Waals surface area contributed by atoms with E-state index in [0.717, 1.165) is 5.75 Å². The van der Waals surface area contributed by atoms with Crippen molar-refractivity contribution in [2.45, 2.75) is 12.7 Å². The first kappa shape index (κ1) is 17.9. The Kier molecular flexibility index (Phi) is 6.69. The number of carbonyl (C=O) groups is 2. The normalized spacial score (nSPS) is 10.1. The van der Waals surface area contributed by atoms with E-state index in [4.69, 9.17) is 4.74 Å².